The van der Waals surface area contributed by atoms with E-state index in [0.717, 1.165) is 29.4 Å². The summed E-state index contributed by atoms with van der Waals surface area (Å²) >= 11 is 3.42. The second-order valence-corrected chi connectivity index (χ2v) is 8.71. The van der Waals surface area contributed by atoms with Crippen molar-refractivity contribution in [1.29, 1.82) is 0 Å². The third-order valence-electron chi connectivity index (χ3n) is 2.98. The number of halogens is 2. The van der Waals surface area contributed by atoms with Crippen molar-refractivity contribution in [1.82, 2.24) is 4.72 Å². The van der Waals surface area contributed by atoms with E-state index < -0.39 is 38.7 Å². The molecule has 0 amide bonds. The number of aliphatic hydroxyl groups excluding tert-OH is 1. The fourth-order valence-corrected chi connectivity index (χ4v) is 5.76. The molecule has 1 atom stereocenters. The molecule has 0 bridgehead atoms. The van der Waals surface area contributed by atoms with Crippen LogP contribution in [-0.2, 0) is 16.6 Å². The molecule has 0 saturated carbocycles. The second kappa shape index (κ2) is 7.28. The lowest BCUT2D eigenvalue weighted by atomic mass is 10.2. The SMILES string of the molecule is O=S(=O)(NCC1CSCCS1)c1ccc(F)c(CO)c1F. The Balaban J connectivity index is 2.15. The van der Waals surface area contributed by atoms with Crippen LogP contribution in [0.25, 0.3) is 0 Å². The number of hydrogen-bond donors (Lipinski definition) is 2. The van der Waals surface area contributed by atoms with Crippen LogP contribution in [0, 0.1) is 11.6 Å². The van der Waals surface area contributed by atoms with Crippen LogP contribution in [0.1, 0.15) is 5.56 Å². The van der Waals surface area contributed by atoms with Crippen LogP contribution in [0.15, 0.2) is 17.0 Å². The molecule has 0 radical (unpaired) electrons. The Morgan fingerprint density at radius 3 is 2.71 bits per heavy atom. The van der Waals surface area contributed by atoms with E-state index >= 15 is 0 Å². The largest absolute Gasteiger partial charge is 0.391 e. The average molecular weight is 355 g/mol. The van der Waals surface area contributed by atoms with Crippen LogP contribution >= 0.6 is 23.5 Å². The van der Waals surface area contributed by atoms with Gasteiger partial charge in [0.05, 0.1) is 12.2 Å². The molecule has 2 N–H and O–H groups in total. The van der Waals surface area contributed by atoms with Crippen molar-refractivity contribution < 1.29 is 22.3 Å². The van der Waals surface area contributed by atoms with Gasteiger partial charge in [0.15, 0.2) is 5.82 Å². The number of rotatable bonds is 5. The van der Waals surface area contributed by atoms with Crippen molar-refractivity contribution in [3.8, 4) is 0 Å². The highest BCUT2D eigenvalue weighted by Gasteiger charge is 2.25. The molecule has 1 saturated heterocycles. The molecule has 0 aliphatic carbocycles. The molecule has 1 unspecified atom stereocenters. The molecular weight excluding hydrogens is 340 g/mol. The van der Waals surface area contributed by atoms with Gasteiger partial charge in [0, 0.05) is 29.1 Å². The summed E-state index contributed by atoms with van der Waals surface area (Å²) in [6.07, 6.45) is 0. The van der Waals surface area contributed by atoms with Gasteiger partial charge in [-0.2, -0.15) is 23.5 Å². The quantitative estimate of drug-likeness (QED) is 0.840. The standard InChI is InChI=1S/C12H15F2NO3S3/c13-10-1-2-11(12(14)9(10)6-16)21(17,18)15-5-8-7-19-3-4-20-8/h1-2,8,15-16H,3-7H2. The van der Waals surface area contributed by atoms with Crippen LogP contribution in [0.5, 0.6) is 0 Å². The van der Waals surface area contributed by atoms with Gasteiger partial charge in [0.2, 0.25) is 10.0 Å². The molecule has 0 aromatic heterocycles. The van der Waals surface area contributed by atoms with Gasteiger partial charge in [-0.15, -0.1) is 0 Å². The normalized spacial score (nSPS) is 19.7. The van der Waals surface area contributed by atoms with Gasteiger partial charge >= 0.3 is 0 Å². The molecule has 118 valence electrons. The van der Waals surface area contributed by atoms with Crippen molar-refractivity contribution in [2.45, 2.75) is 16.8 Å². The fourth-order valence-electron chi connectivity index (χ4n) is 1.86. The van der Waals surface area contributed by atoms with Crippen molar-refractivity contribution in [3.05, 3.63) is 29.3 Å². The van der Waals surface area contributed by atoms with Gasteiger partial charge in [0.1, 0.15) is 10.7 Å². The number of sulfonamides is 1. The Bertz CT molecular complexity index is 604. The van der Waals surface area contributed by atoms with E-state index in [1.165, 1.54) is 0 Å². The first-order valence-corrected chi connectivity index (χ1v) is 9.91. The van der Waals surface area contributed by atoms with Crippen molar-refractivity contribution in [3.63, 3.8) is 0 Å². The minimum atomic E-state index is -4.07. The first-order chi connectivity index (χ1) is 9.95. The summed E-state index contributed by atoms with van der Waals surface area (Å²) in [7, 11) is -4.07. The molecule has 0 spiro atoms. The molecule has 9 heteroatoms. The van der Waals surface area contributed by atoms with E-state index in [1.807, 2.05) is 0 Å². The lowest BCUT2D eigenvalue weighted by molar-refractivity contribution is 0.267. The van der Waals surface area contributed by atoms with Crippen molar-refractivity contribution in [2.75, 3.05) is 23.8 Å². The zero-order valence-corrected chi connectivity index (χ0v) is 13.5. The second-order valence-electron chi connectivity index (χ2n) is 4.42. The Labute approximate surface area is 130 Å². The lowest BCUT2D eigenvalue weighted by Crippen LogP contribution is -2.34. The Morgan fingerprint density at radius 2 is 2.10 bits per heavy atom. The summed E-state index contributed by atoms with van der Waals surface area (Å²) in [5.74, 6) is 0.627. The molecule has 1 aromatic carbocycles. The van der Waals surface area contributed by atoms with E-state index in [2.05, 4.69) is 4.72 Å². The molecule has 4 nitrogen and oxygen atoms in total. The molecule has 1 aliphatic rings. The fraction of sp³-hybridized carbons (Fsp3) is 0.500. The maximum atomic E-state index is 14.0. The minimum absolute atomic E-state index is 0.138. The summed E-state index contributed by atoms with van der Waals surface area (Å²) in [5, 5.41) is 9.06. The molecule has 21 heavy (non-hydrogen) atoms. The molecule has 2 rings (SSSR count). The zero-order valence-electron chi connectivity index (χ0n) is 11.0. The summed E-state index contributed by atoms with van der Waals surface area (Å²) in [6.45, 7) is -0.693. The van der Waals surface area contributed by atoms with E-state index in [4.69, 9.17) is 5.11 Å². The summed E-state index contributed by atoms with van der Waals surface area (Å²) in [4.78, 5) is -0.638. The monoisotopic (exact) mass is 355 g/mol. The number of nitrogens with one attached hydrogen (secondary N) is 1. The van der Waals surface area contributed by atoms with Gasteiger partial charge < -0.3 is 5.11 Å². The van der Waals surface area contributed by atoms with E-state index in [0.29, 0.717) is 0 Å². The highest BCUT2D eigenvalue weighted by atomic mass is 32.2. The maximum Gasteiger partial charge on any atom is 0.243 e. The van der Waals surface area contributed by atoms with Crippen LogP contribution < -0.4 is 4.72 Å². The van der Waals surface area contributed by atoms with E-state index in [-0.39, 0.29) is 11.8 Å². The summed E-state index contributed by atoms with van der Waals surface area (Å²) in [6, 6.07) is 1.71. The molecule has 1 heterocycles. The highest BCUT2D eigenvalue weighted by Crippen LogP contribution is 2.25. The van der Waals surface area contributed by atoms with Gasteiger partial charge in [0.25, 0.3) is 0 Å². The predicted octanol–water partition coefficient (Wildman–Crippen LogP) is 1.58. The van der Waals surface area contributed by atoms with E-state index in [9.17, 15) is 17.2 Å². The van der Waals surface area contributed by atoms with Crippen LogP contribution in [0.4, 0.5) is 8.78 Å². The average Bonchev–Trinajstić information content (AvgIpc) is 2.46. The Kier molecular flexibility index (Phi) is 5.89. The summed E-state index contributed by atoms with van der Waals surface area (Å²) < 4.78 is 53.8. The van der Waals surface area contributed by atoms with Gasteiger partial charge in [-0.1, -0.05) is 0 Å². The number of benzene rings is 1. The third-order valence-corrected chi connectivity index (χ3v) is 7.27. The van der Waals surface area contributed by atoms with Crippen molar-refractivity contribution in [2.24, 2.45) is 0 Å². The number of aliphatic hydroxyl groups is 1. The lowest BCUT2D eigenvalue weighted by Gasteiger charge is -2.21. The maximum absolute atomic E-state index is 14.0. The molecular formula is C12H15F2NO3S3. The zero-order chi connectivity index (χ0) is 15.5. The third kappa shape index (κ3) is 4.10. The predicted molar refractivity (Wildman–Crippen MR) is 81.0 cm³/mol. The Hall–Kier alpha value is -0.350. The highest BCUT2D eigenvalue weighted by molar-refractivity contribution is 8.06. The smallest absolute Gasteiger partial charge is 0.243 e. The van der Waals surface area contributed by atoms with Crippen molar-refractivity contribution >= 4 is 33.5 Å². The molecule has 1 fully saturated rings. The van der Waals surface area contributed by atoms with Crippen LogP contribution in [-0.4, -0.2) is 42.6 Å². The topological polar surface area (TPSA) is 66.4 Å². The first kappa shape index (κ1) is 17.0. The first-order valence-electron chi connectivity index (χ1n) is 6.22. The summed E-state index contributed by atoms with van der Waals surface area (Å²) in [5.41, 5.74) is -0.638. The van der Waals surface area contributed by atoms with E-state index in [1.54, 1.807) is 23.5 Å². The minimum Gasteiger partial charge on any atom is -0.391 e. The number of thioether (sulfide) groups is 2. The number of hydrogen-bond acceptors (Lipinski definition) is 5. The Morgan fingerprint density at radius 1 is 1.33 bits per heavy atom. The van der Waals surface area contributed by atoms with Gasteiger partial charge in [-0.05, 0) is 12.1 Å². The molecule has 1 aromatic rings. The van der Waals surface area contributed by atoms with Gasteiger partial charge in [-0.3, -0.25) is 0 Å². The van der Waals surface area contributed by atoms with Crippen LogP contribution in [0.2, 0.25) is 0 Å². The molecule has 1 aliphatic heterocycles. The van der Waals surface area contributed by atoms with Crippen LogP contribution in [0.3, 0.4) is 0 Å². The van der Waals surface area contributed by atoms with Gasteiger partial charge in [-0.25, -0.2) is 21.9 Å².